The first-order valence-corrected chi connectivity index (χ1v) is 6.79. The van der Waals surface area contributed by atoms with Crippen LogP contribution in [0.5, 0.6) is 5.75 Å². The fraction of sp³-hybridized carbons (Fsp3) is 0.333. The number of nitrogens with zero attached hydrogens (tertiary/aromatic N) is 2. The van der Waals surface area contributed by atoms with Crippen LogP contribution in [0.4, 0.5) is 0 Å². The van der Waals surface area contributed by atoms with Crippen molar-refractivity contribution < 1.29 is 4.74 Å². The largest absolute Gasteiger partial charge is 0.497 e. The van der Waals surface area contributed by atoms with Crippen LogP contribution in [0, 0.1) is 0 Å². The minimum atomic E-state index is -0.318. The van der Waals surface area contributed by atoms with E-state index in [1.54, 1.807) is 7.11 Å². The second kappa shape index (κ2) is 6.90. The summed E-state index contributed by atoms with van der Waals surface area (Å²) in [4.78, 5) is 23.8. The molecule has 0 fully saturated rings. The van der Waals surface area contributed by atoms with E-state index in [0.29, 0.717) is 13.0 Å². The Morgan fingerprint density at radius 2 is 1.81 bits per heavy atom. The van der Waals surface area contributed by atoms with Gasteiger partial charge in [0.05, 0.1) is 7.11 Å². The van der Waals surface area contributed by atoms with Crippen LogP contribution >= 0.6 is 0 Å². The van der Waals surface area contributed by atoms with Crippen molar-refractivity contribution in [2.45, 2.75) is 19.5 Å². The van der Waals surface area contributed by atoms with Crippen molar-refractivity contribution in [3.63, 3.8) is 0 Å². The van der Waals surface area contributed by atoms with Gasteiger partial charge in [0.1, 0.15) is 5.75 Å². The SMILES string of the molecule is COc1ccc(CCn2ccc(=O)n(CCN)c2=O)cc1. The summed E-state index contributed by atoms with van der Waals surface area (Å²) in [5, 5.41) is 0. The minimum absolute atomic E-state index is 0.237. The number of nitrogens with two attached hydrogens (primary N) is 1. The van der Waals surface area contributed by atoms with Gasteiger partial charge in [0.15, 0.2) is 0 Å². The van der Waals surface area contributed by atoms with Crippen molar-refractivity contribution in [3.05, 3.63) is 62.9 Å². The van der Waals surface area contributed by atoms with E-state index in [2.05, 4.69) is 0 Å². The van der Waals surface area contributed by atoms with E-state index >= 15 is 0 Å². The molecule has 0 saturated heterocycles. The highest BCUT2D eigenvalue weighted by atomic mass is 16.5. The summed E-state index contributed by atoms with van der Waals surface area (Å²) >= 11 is 0. The molecule has 0 radical (unpaired) electrons. The van der Waals surface area contributed by atoms with Gasteiger partial charge < -0.3 is 15.0 Å². The van der Waals surface area contributed by atoms with Crippen LogP contribution in [0.3, 0.4) is 0 Å². The van der Waals surface area contributed by atoms with Crippen LogP contribution in [0.2, 0.25) is 0 Å². The number of hydrogen-bond donors (Lipinski definition) is 1. The Kier molecular flexibility index (Phi) is 4.94. The maximum absolute atomic E-state index is 12.2. The Balaban J connectivity index is 2.14. The van der Waals surface area contributed by atoms with E-state index in [1.807, 2.05) is 24.3 Å². The average Bonchev–Trinajstić information content (AvgIpc) is 2.51. The van der Waals surface area contributed by atoms with E-state index in [-0.39, 0.29) is 24.3 Å². The quantitative estimate of drug-likeness (QED) is 0.825. The number of methoxy groups -OCH3 is 1. The van der Waals surface area contributed by atoms with Crippen LogP contribution < -0.4 is 21.7 Å². The van der Waals surface area contributed by atoms with Gasteiger partial charge in [-0.1, -0.05) is 12.1 Å². The van der Waals surface area contributed by atoms with Crippen LogP contribution in [-0.2, 0) is 19.5 Å². The van der Waals surface area contributed by atoms with Gasteiger partial charge in [0.25, 0.3) is 5.56 Å². The lowest BCUT2D eigenvalue weighted by atomic mass is 10.1. The number of aromatic nitrogens is 2. The van der Waals surface area contributed by atoms with Gasteiger partial charge in [-0.3, -0.25) is 9.36 Å². The van der Waals surface area contributed by atoms with Gasteiger partial charge in [0.2, 0.25) is 0 Å². The van der Waals surface area contributed by atoms with Gasteiger partial charge in [0, 0.05) is 31.9 Å². The standard InChI is InChI=1S/C15H19N3O3/c1-21-13-4-2-12(3-5-13)6-9-17-10-7-14(19)18(11-8-16)15(17)20/h2-5,7,10H,6,8-9,11,16H2,1H3. The van der Waals surface area contributed by atoms with Crippen molar-refractivity contribution in [1.82, 2.24) is 9.13 Å². The summed E-state index contributed by atoms with van der Waals surface area (Å²) in [7, 11) is 1.62. The van der Waals surface area contributed by atoms with E-state index in [9.17, 15) is 9.59 Å². The molecule has 0 aliphatic carbocycles. The lowest BCUT2D eigenvalue weighted by Crippen LogP contribution is -2.40. The number of rotatable bonds is 6. The van der Waals surface area contributed by atoms with Crippen LogP contribution in [0.15, 0.2) is 46.1 Å². The smallest absolute Gasteiger partial charge is 0.331 e. The van der Waals surface area contributed by atoms with E-state index in [4.69, 9.17) is 10.5 Å². The maximum atomic E-state index is 12.2. The Morgan fingerprint density at radius 1 is 1.10 bits per heavy atom. The molecule has 0 aliphatic rings. The molecular weight excluding hydrogens is 270 g/mol. The van der Waals surface area contributed by atoms with Gasteiger partial charge in [-0.05, 0) is 24.1 Å². The molecule has 0 atom stereocenters. The molecule has 6 heteroatoms. The summed E-state index contributed by atoms with van der Waals surface area (Å²) < 4.78 is 7.79. The van der Waals surface area contributed by atoms with Gasteiger partial charge in [-0.15, -0.1) is 0 Å². The van der Waals surface area contributed by atoms with Gasteiger partial charge in [-0.2, -0.15) is 0 Å². The maximum Gasteiger partial charge on any atom is 0.331 e. The van der Waals surface area contributed by atoms with E-state index in [0.717, 1.165) is 15.9 Å². The Bertz CT molecular complexity index is 701. The fourth-order valence-corrected chi connectivity index (χ4v) is 2.10. The lowest BCUT2D eigenvalue weighted by molar-refractivity contribution is 0.414. The molecule has 0 unspecified atom stereocenters. The summed E-state index contributed by atoms with van der Waals surface area (Å²) in [6.45, 7) is 1.01. The predicted molar refractivity (Wildman–Crippen MR) is 80.7 cm³/mol. The molecule has 0 aliphatic heterocycles. The second-order valence-electron chi connectivity index (χ2n) is 4.67. The summed E-state index contributed by atoms with van der Waals surface area (Å²) in [6, 6.07) is 9.07. The zero-order valence-corrected chi connectivity index (χ0v) is 12.0. The van der Waals surface area contributed by atoms with E-state index in [1.165, 1.54) is 16.8 Å². The molecule has 1 heterocycles. The molecule has 1 aromatic heterocycles. The summed E-state index contributed by atoms with van der Waals surface area (Å²) in [5.41, 5.74) is 5.89. The number of aryl methyl sites for hydroxylation is 2. The molecule has 0 amide bonds. The zero-order chi connectivity index (χ0) is 15.2. The molecular formula is C15H19N3O3. The van der Waals surface area contributed by atoms with Crippen molar-refractivity contribution in [3.8, 4) is 5.75 Å². The molecule has 21 heavy (non-hydrogen) atoms. The van der Waals surface area contributed by atoms with Crippen molar-refractivity contribution >= 4 is 0 Å². The molecule has 2 rings (SSSR count). The van der Waals surface area contributed by atoms with Crippen LogP contribution in [-0.4, -0.2) is 22.8 Å². The number of hydrogen-bond acceptors (Lipinski definition) is 4. The first kappa shape index (κ1) is 15.1. The van der Waals surface area contributed by atoms with Gasteiger partial charge in [-0.25, -0.2) is 4.79 Å². The van der Waals surface area contributed by atoms with E-state index < -0.39 is 0 Å². The third kappa shape index (κ3) is 3.61. The molecule has 2 N–H and O–H groups in total. The summed E-state index contributed by atoms with van der Waals surface area (Å²) in [5.74, 6) is 0.799. The Morgan fingerprint density at radius 3 is 2.43 bits per heavy atom. The zero-order valence-electron chi connectivity index (χ0n) is 12.0. The third-order valence-electron chi connectivity index (χ3n) is 3.29. The van der Waals surface area contributed by atoms with Crippen molar-refractivity contribution in [2.24, 2.45) is 5.73 Å². The second-order valence-corrected chi connectivity index (χ2v) is 4.67. The lowest BCUT2D eigenvalue weighted by Gasteiger charge is -2.09. The van der Waals surface area contributed by atoms with Crippen molar-refractivity contribution in [1.29, 1.82) is 0 Å². The van der Waals surface area contributed by atoms with Crippen LogP contribution in [0.1, 0.15) is 5.56 Å². The molecule has 0 saturated carbocycles. The van der Waals surface area contributed by atoms with Gasteiger partial charge >= 0.3 is 5.69 Å². The highest BCUT2D eigenvalue weighted by Gasteiger charge is 2.04. The number of benzene rings is 1. The normalized spacial score (nSPS) is 10.6. The molecule has 1 aromatic carbocycles. The minimum Gasteiger partial charge on any atom is -0.497 e. The third-order valence-corrected chi connectivity index (χ3v) is 3.29. The highest BCUT2D eigenvalue weighted by Crippen LogP contribution is 2.11. The van der Waals surface area contributed by atoms with Crippen LogP contribution in [0.25, 0.3) is 0 Å². The summed E-state index contributed by atoms with van der Waals surface area (Å²) in [6.07, 6.45) is 2.23. The first-order chi connectivity index (χ1) is 10.2. The molecule has 112 valence electrons. The fourth-order valence-electron chi connectivity index (χ4n) is 2.10. The first-order valence-electron chi connectivity index (χ1n) is 6.79. The molecule has 2 aromatic rings. The monoisotopic (exact) mass is 289 g/mol. The Hall–Kier alpha value is -2.34. The topological polar surface area (TPSA) is 79.2 Å². The molecule has 6 nitrogen and oxygen atoms in total. The number of ether oxygens (including phenoxy) is 1. The average molecular weight is 289 g/mol. The molecule has 0 bridgehead atoms. The highest BCUT2D eigenvalue weighted by molar-refractivity contribution is 5.27. The molecule has 0 spiro atoms. The Labute approximate surface area is 122 Å². The predicted octanol–water partition coefficient (Wildman–Crippen LogP) is 0.220. The van der Waals surface area contributed by atoms with Crippen molar-refractivity contribution in [2.75, 3.05) is 13.7 Å².